The van der Waals surface area contributed by atoms with E-state index < -0.39 is 47.0 Å². The number of rotatable bonds is 7. The summed E-state index contributed by atoms with van der Waals surface area (Å²) in [5.74, 6) is -2.94. The number of carbonyl (C=O) groups excluding carboxylic acids is 1. The normalized spacial score (nSPS) is 15.5. The maximum absolute atomic E-state index is 13.4. The average molecular weight is 392 g/mol. The number of hydrogen-bond donors (Lipinski definition) is 0. The van der Waals surface area contributed by atoms with Crippen molar-refractivity contribution < 1.29 is 27.3 Å². The summed E-state index contributed by atoms with van der Waals surface area (Å²) < 4.78 is 60.4. The van der Waals surface area contributed by atoms with Gasteiger partial charge in [0.25, 0.3) is 0 Å². The first-order chi connectivity index (χ1) is 11.9. The fraction of sp³-hybridized carbons (Fsp3) is 0.588. The Hall–Kier alpha value is -1.61. The number of esters is 1. The zero-order valence-corrected chi connectivity index (χ0v) is 16.0. The van der Waals surface area contributed by atoms with Gasteiger partial charge in [0.1, 0.15) is 21.8 Å². The predicted molar refractivity (Wildman–Crippen MR) is 94.1 cm³/mol. The fourth-order valence-electron chi connectivity index (χ4n) is 1.92. The summed E-state index contributed by atoms with van der Waals surface area (Å²) in [6.45, 7) is 6.53. The van der Waals surface area contributed by atoms with Crippen LogP contribution in [0.3, 0.4) is 0 Å². The molecule has 0 bridgehead atoms. The topological polar surface area (TPSA) is 74.6 Å². The van der Waals surface area contributed by atoms with Crippen LogP contribution in [0.1, 0.15) is 46.2 Å². The van der Waals surface area contributed by atoms with Gasteiger partial charge in [-0.3, -0.25) is 9.78 Å². The Balaban J connectivity index is 3.19. The van der Waals surface area contributed by atoms with Crippen LogP contribution in [-0.2, 0) is 20.9 Å². The van der Waals surface area contributed by atoms with Gasteiger partial charge in [-0.15, -0.1) is 0 Å². The first-order valence-electron chi connectivity index (χ1n) is 8.08. The third-order valence-corrected chi connectivity index (χ3v) is 4.73. The van der Waals surface area contributed by atoms with Crippen LogP contribution in [0.4, 0.5) is 13.2 Å². The summed E-state index contributed by atoms with van der Waals surface area (Å²) in [4.78, 5) is 15.6. The zero-order chi connectivity index (χ0) is 20.0. The third-order valence-electron chi connectivity index (χ3n) is 3.30. The Kier molecular flexibility index (Phi) is 8.08. The van der Waals surface area contributed by atoms with E-state index in [1.807, 2.05) is 0 Å². The molecule has 146 valence electrons. The lowest BCUT2D eigenvalue weighted by Gasteiger charge is -2.22. The lowest BCUT2D eigenvalue weighted by molar-refractivity contribution is -0.182. The smallest absolute Gasteiger partial charge is 0.392 e. The van der Waals surface area contributed by atoms with Gasteiger partial charge in [-0.2, -0.15) is 13.2 Å². The SMILES string of the molecule is CCOC(=O)C[C@@H](C/C(=N/[S@+]([O-])C(C)(C)C)c1ccccn1)C(F)(F)F. The molecule has 0 saturated heterocycles. The van der Waals surface area contributed by atoms with Crippen molar-refractivity contribution in [2.45, 2.75) is 51.5 Å². The van der Waals surface area contributed by atoms with Crippen molar-refractivity contribution >= 4 is 23.0 Å². The van der Waals surface area contributed by atoms with Crippen molar-refractivity contribution in [2.24, 2.45) is 10.3 Å². The van der Waals surface area contributed by atoms with E-state index in [4.69, 9.17) is 0 Å². The van der Waals surface area contributed by atoms with Crippen LogP contribution < -0.4 is 0 Å². The second kappa shape index (κ2) is 9.36. The first-order valence-corrected chi connectivity index (χ1v) is 9.19. The maximum atomic E-state index is 13.4. The highest BCUT2D eigenvalue weighted by molar-refractivity contribution is 7.91. The number of nitrogens with zero attached hydrogens (tertiary/aromatic N) is 2. The summed E-state index contributed by atoms with van der Waals surface area (Å²) in [7, 11) is 0. The molecule has 0 saturated carbocycles. The summed E-state index contributed by atoms with van der Waals surface area (Å²) >= 11 is -1.76. The molecule has 0 unspecified atom stereocenters. The van der Waals surface area contributed by atoms with Crippen LogP contribution in [0.5, 0.6) is 0 Å². The minimum atomic E-state index is -4.63. The van der Waals surface area contributed by atoms with Gasteiger partial charge >= 0.3 is 12.1 Å². The molecule has 0 spiro atoms. The van der Waals surface area contributed by atoms with E-state index in [1.54, 1.807) is 32.9 Å². The number of ether oxygens (including phenoxy) is 1. The Morgan fingerprint density at radius 2 is 1.96 bits per heavy atom. The van der Waals surface area contributed by atoms with Crippen LogP contribution in [0.15, 0.2) is 28.8 Å². The van der Waals surface area contributed by atoms with Gasteiger partial charge in [0, 0.05) is 12.6 Å². The quantitative estimate of drug-likeness (QED) is 0.401. The molecule has 0 aliphatic heterocycles. The molecule has 0 aliphatic carbocycles. The van der Waals surface area contributed by atoms with Gasteiger partial charge in [0.2, 0.25) is 0 Å². The van der Waals surface area contributed by atoms with Crippen molar-refractivity contribution in [1.82, 2.24) is 4.98 Å². The Labute approximate surface area is 154 Å². The highest BCUT2D eigenvalue weighted by Gasteiger charge is 2.43. The van der Waals surface area contributed by atoms with Gasteiger partial charge in [0.05, 0.1) is 24.6 Å². The highest BCUT2D eigenvalue weighted by Crippen LogP contribution is 2.33. The molecule has 1 heterocycles. The van der Waals surface area contributed by atoms with E-state index in [1.165, 1.54) is 19.2 Å². The molecule has 2 atom stereocenters. The number of carbonyl (C=O) groups is 1. The van der Waals surface area contributed by atoms with Crippen LogP contribution in [0.2, 0.25) is 0 Å². The molecule has 0 N–H and O–H groups in total. The second-order valence-corrected chi connectivity index (χ2v) is 8.47. The molecule has 1 rings (SSSR count). The first kappa shape index (κ1) is 22.4. The number of hydrogen-bond acceptors (Lipinski definition) is 5. The maximum Gasteiger partial charge on any atom is 0.392 e. The molecule has 26 heavy (non-hydrogen) atoms. The molecule has 0 aromatic carbocycles. The van der Waals surface area contributed by atoms with Gasteiger partial charge in [0.15, 0.2) is 0 Å². The predicted octanol–water partition coefficient (Wildman–Crippen LogP) is 3.85. The molecule has 9 heteroatoms. The molecule has 0 radical (unpaired) electrons. The molecule has 1 aromatic rings. The van der Waals surface area contributed by atoms with Crippen molar-refractivity contribution in [3.63, 3.8) is 0 Å². The van der Waals surface area contributed by atoms with Crippen molar-refractivity contribution in [1.29, 1.82) is 0 Å². The lowest BCUT2D eigenvalue weighted by Crippen LogP contribution is -2.31. The third kappa shape index (κ3) is 7.33. The Morgan fingerprint density at radius 3 is 2.42 bits per heavy atom. The van der Waals surface area contributed by atoms with Gasteiger partial charge < -0.3 is 9.29 Å². The van der Waals surface area contributed by atoms with Crippen molar-refractivity contribution in [2.75, 3.05) is 6.61 Å². The van der Waals surface area contributed by atoms with Crippen LogP contribution in [0, 0.1) is 5.92 Å². The summed E-state index contributed by atoms with van der Waals surface area (Å²) in [5.41, 5.74) is 0.147. The molecule has 0 aliphatic rings. The summed E-state index contributed by atoms with van der Waals surface area (Å²) in [5, 5.41) is 0. The van der Waals surface area contributed by atoms with Crippen LogP contribution in [0.25, 0.3) is 0 Å². The van der Waals surface area contributed by atoms with E-state index in [9.17, 15) is 22.5 Å². The largest absolute Gasteiger partial charge is 0.591 e. The van der Waals surface area contributed by atoms with Crippen LogP contribution >= 0.6 is 0 Å². The standard InChI is InChI=1S/C17H23F3N2O3S/c1-5-25-15(23)11-12(17(18,19)20)10-14(13-8-6-7-9-21-13)22-26(24)16(2,3)4/h6-9,12H,5,10-11H2,1-4H3/b22-14-/t12-,26-/m1/s1. The number of aromatic nitrogens is 1. The molecular formula is C17H23F3N2O3S. The zero-order valence-electron chi connectivity index (χ0n) is 15.2. The van der Waals surface area contributed by atoms with Gasteiger partial charge in [-0.1, -0.05) is 10.5 Å². The number of halogens is 3. The van der Waals surface area contributed by atoms with E-state index in [2.05, 4.69) is 14.1 Å². The van der Waals surface area contributed by atoms with E-state index in [0.717, 1.165) is 0 Å². The second-order valence-electron chi connectivity index (χ2n) is 6.57. The molecular weight excluding hydrogens is 369 g/mol. The fourth-order valence-corrected chi connectivity index (χ4v) is 2.56. The molecule has 1 aromatic heterocycles. The monoisotopic (exact) mass is 392 g/mol. The van der Waals surface area contributed by atoms with Gasteiger partial charge in [-0.05, 0) is 39.8 Å². The van der Waals surface area contributed by atoms with Crippen molar-refractivity contribution in [3.05, 3.63) is 30.1 Å². The lowest BCUT2D eigenvalue weighted by atomic mass is 9.96. The van der Waals surface area contributed by atoms with E-state index in [-0.39, 0.29) is 18.0 Å². The number of alkyl halides is 3. The molecule has 0 amide bonds. The summed E-state index contributed by atoms with van der Waals surface area (Å²) in [6, 6.07) is 4.71. The Bertz CT molecular complexity index is 616. The minimum Gasteiger partial charge on any atom is -0.591 e. The van der Waals surface area contributed by atoms with E-state index >= 15 is 0 Å². The number of pyridine rings is 1. The average Bonchev–Trinajstić information content (AvgIpc) is 2.52. The molecule has 5 nitrogen and oxygen atoms in total. The van der Waals surface area contributed by atoms with Gasteiger partial charge in [-0.25, -0.2) is 0 Å². The Morgan fingerprint density at radius 1 is 1.31 bits per heavy atom. The van der Waals surface area contributed by atoms with Crippen molar-refractivity contribution in [3.8, 4) is 0 Å². The van der Waals surface area contributed by atoms with Crippen LogP contribution in [-0.4, -0.2) is 38.7 Å². The highest BCUT2D eigenvalue weighted by atomic mass is 32.2. The minimum absolute atomic E-state index is 0.00135. The van der Waals surface area contributed by atoms with E-state index in [0.29, 0.717) is 0 Å². The summed E-state index contributed by atoms with van der Waals surface area (Å²) in [6.07, 6.45) is -4.66. The molecule has 0 fully saturated rings.